The van der Waals surface area contributed by atoms with Crippen molar-refractivity contribution in [3.63, 3.8) is 0 Å². The molecule has 0 heterocycles. The van der Waals surface area contributed by atoms with E-state index in [1.807, 2.05) is 24.3 Å². The van der Waals surface area contributed by atoms with E-state index >= 15 is 0 Å². The molecule has 0 spiro atoms. The minimum atomic E-state index is -0.623. The summed E-state index contributed by atoms with van der Waals surface area (Å²) in [6.07, 6.45) is 12.8. The summed E-state index contributed by atoms with van der Waals surface area (Å²) >= 11 is 11.0. The Hall–Kier alpha value is -2.38. The van der Waals surface area contributed by atoms with Crippen molar-refractivity contribution in [2.24, 2.45) is 11.8 Å². The van der Waals surface area contributed by atoms with Crippen LogP contribution in [0.3, 0.4) is 0 Å². The summed E-state index contributed by atoms with van der Waals surface area (Å²) in [7, 11) is 0. The molecule has 0 aromatic heterocycles. The fraction of sp³-hybridized carbons (Fsp3) is 0.306. The van der Waals surface area contributed by atoms with Gasteiger partial charge in [-0.15, -0.1) is 36.4 Å². The van der Waals surface area contributed by atoms with Gasteiger partial charge in [0, 0.05) is 5.41 Å². The molecule has 1 unspecified atom stereocenters. The molecule has 4 aliphatic carbocycles. The van der Waals surface area contributed by atoms with Crippen molar-refractivity contribution >= 4 is 66.6 Å². The first-order chi connectivity index (χ1) is 24.5. The normalized spacial score (nSPS) is 17.2. The summed E-state index contributed by atoms with van der Waals surface area (Å²) in [6, 6.07) is 25.7. The van der Waals surface area contributed by atoms with Crippen LogP contribution in [0.1, 0.15) is 114 Å². The fourth-order valence-corrected chi connectivity index (χ4v) is 10.5. The number of benzene rings is 4. The second-order valence-corrected chi connectivity index (χ2v) is 19.2. The average Bonchev–Trinajstić information content (AvgIpc) is 3.75. The molecule has 4 aromatic carbocycles. The maximum atomic E-state index is 5.84. The quantitative estimate of drug-likeness (QED) is 0.158. The Bertz CT molecular complexity index is 2090. The predicted octanol–water partition coefficient (Wildman–Crippen LogP) is 14.3. The first kappa shape index (κ1) is 44.3. The predicted molar refractivity (Wildman–Crippen MR) is 239 cm³/mol. The number of rotatable bonds is 3. The second-order valence-electron chi connectivity index (χ2n) is 16.1. The third-order valence-electron chi connectivity index (χ3n) is 10.6. The first-order valence-electron chi connectivity index (χ1n) is 18.5. The molecular weight excluding hydrogens is 822 g/mol. The molecule has 1 atom stereocenters. The summed E-state index contributed by atoms with van der Waals surface area (Å²) in [5, 5.41) is 1.57. The SMILES string of the molecule is CC1=[C-]C(C)(C)c2cc3c(cc21)-c1cc2c(cc1C3)C(C)(C)C=C2C.CC1=[C-]C(C)C=C1C(C)C.Cl.Cl.Clc1ccc([CH]=[Zr]=[CH]c2ccc(Cl)cc2)cc1. The van der Waals surface area contributed by atoms with Crippen LogP contribution >= 0.6 is 48.0 Å². The van der Waals surface area contributed by atoms with Crippen LogP contribution in [-0.2, 0) is 39.5 Å². The monoisotopic (exact) mass is 870 g/mol. The number of hydrogen-bond donors (Lipinski definition) is 0. The molecule has 4 aromatic rings. The fourth-order valence-electron chi connectivity index (χ4n) is 8.11. The van der Waals surface area contributed by atoms with Gasteiger partial charge in [0.05, 0.1) is 0 Å². The van der Waals surface area contributed by atoms with E-state index in [1.165, 1.54) is 77.9 Å². The molecule has 0 nitrogen and oxygen atoms in total. The molecule has 0 saturated heterocycles. The summed E-state index contributed by atoms with van der Waals surface area (Å²) in [6.45, 7) is 22.5. The van der Waals surface area contributed by atoms with Gasteiger partial charge in [-0.1, -0.05) is 97.8 Å². The number of allylic oxidation sites excluding steroid dienone is 8. The standard InChI is InChI=1S/C25H25.C10H15.2C7H5Cl.2ClH.Zr/c1-14-12-24(3,4)22-8-16-7-17-9-23-19(15(2)13-25(23,5)6)11-21(17)20(16)10-18(14)22;1-7(2)10-6-8(3)5-9(10)4;2*1-6-2-4-7(8)5-3-6;;;/h8-12H,7H2,1-6H3;6-8H,1-4H3;2*1-5H;2*1H;/q2*-1;;;;;. The van der Waals surface area contributed by atoms with Crippen molar-refractivity contribution in [1.82, 2.24) is 0 Å². The van der Waals surface area contributed by atoms with Crippen molar-refractivity contribution in [2.75, 3.05) is 0 Å². The molecule has 0 aliphatic heterocycles. The molecular formula is C49H52Cl4Zr-2. The Morgan fingerprint density at radius 2 is 1.20 bits per heavy atom. The third-order valence-corrected chi connectivity index (χ3v) is 13.6. The summed E-state index contributed by atoms with van der Waals surface area (Å²) in [4.78, 5) is 0. The van der Waals surface area contributed by atoms with Gasteiger partial charge >= 0.3 is 123 Å². The van der Waals surface area contributed by atoms with Gasteiger partial charge in [-0.25, -0.2) is 11.1 Å². The van der Waals surface area contributed by atoms with Crippen LogP contribution in [0.2, 0.25) is 10.0 Å². The van der Waals surface area contributed by atoms with Crippen molar-refractivity contribution in [2.45, 2.75) is 86.5 Å². The van der Waals surface area contributed by atoms with Crippen molar-refractivity contribution in [3.05, 3.63) is 163 Å². The number of halogens is 4. The van der Waals surface area contributed by atoms with Crippen LogP contribution in [0.4, 0.5) is 0 Å². The van der Waals surface area contributed by atoms with E-state index in [4.69, 9.17) is 23.2 Å². The van der Waals surface area contributed by atoms with Gasteiger partial charge in [0.15, 0.2) is 0 Å². The van der Waals surface area contributed by atoms with Crippen molar-refractivity contribution in [3.8, 4) is 11.1 Å². The zero-order chi connectivity index (χ0) is 37.5. The molecule has 0 radical (unpaired) electrons. The minimum absolute atomic E-state index is 0. The molecule has 0 fully saturated rings. The summed E-state index contributed by atoms with van der Waals surface area (Å²) in [5.41, 5.74) is 19.9. The van der Waals surface area contributed by atoms with Crippen LogP contribution in [0.25, 0.3) is 22.3 Å². The molecule has 8 rings (SSSR count). The van der Waals surface area contributed by atoms with Crippen molar-refractivity contribution < 1.29 is 22.3 Å². The van der Waals surface area contributed by atoms with Crippen LogP contribution < -0.4 is 0 Å². The maximum absolute atomic E-state index is 5.84. The zero-order valence-electron chi connectivity index (χ0n) is 33.2. The Morgan fingerprint density at radius 3 is 1.67 bits per heavy atom. The van der Waals surface area contributed by atoms with E-state index in [0.717, 1.165) is 16.5 Å². The van der Waals surface area contributed by atoms with Crippen molar-refractivity contribution in [1.29, 1.82) is 0 Å². The molecule has 0 saturated carbocycles. The van der Waals surface area contributed by atoms with Gasteiger partial charge in [-0.05, 0) is 58.4 Å². The zero-order valence-corrected chi connectivity index (χ0v) is 38.8. The molecule has 0 bridgehead atoms. The molecule has 4 aliphatic rings. The van der Waals surface area contributed by atoms with Crippen LogP contribution in [0.5, 0.6) is 0 Å². The Kier molecular flexibility index (Phi) is 14.6. The van der Waals surface area contributed by atoms with Gasteiger partial charge in [-0.3, -0.25) is 12.2 Å². The summed E-state index contributed by atoms with van der Waals surface area (Å²) in [5.74, 6) is 1.20. The van der Waals surface area contributed by atoms with Gasteiger partial charge in [0.2, 0.25) is 0 Å². The molecule has 5 heteroatoms. The third kappa shape index (κ3) is 9.76. The van der Waals surface area contributed by atoms with E-state index in [9.17, 15) is 0 Å². The van der Waals surface area contributed by atoms with E-state index in [0.29, 0.717) is 11.8 Å². The second kappa shape index (κ2) is 17.8. The van der Waals surface area contributed by atoms with Crippen LogP contribution in [-0.4, -0.2) is 7.42 Å². The Balaban J connectivity index is 0.000000195. The number of fused-ring (bicyclic) bond motifs is 5. The van der Waals surface area contributed by atoms with Crippen LogP contribution in [0, 0.1) is 24.0 Å². The number of hydrogen-bond acceptors (Lipinski definition) is 0. The van der Waals surface area contributed by atoms with Gasteiger partial charge in [0.25, 0.3) is 0 Å². The van der Waals surface area contributed by atoms with Gasteiger partial charge < -0.3 is 0 Å². The van der Waals surface area contributed by atoms with Gasteiger partial charge in [-0.2, -0.15) is 17.2 Å². The van der Waals surface area contributed by atoms with Crippen LogP contribution in [0.15, 0.2) is 96.1 Å². The molecule has 282 valence electrons. The van der Waals surface area contributed by atoms with E-state index in [2.05, 4.69) is 149 Å². The van der Waals surface area contributed by atoms with E-state index in [-0.39, 0.29) is 35.6 Å². The summed E-state index contributed by atoms with van der Waals surface area (Å²) < 4.78 is 4.66. The van der Waals surface area contributed by atoms with Gasteiger partial charge in [0.1, 0.15) is 0 Å². The Morgan fingerprint density at radius 1 is 0.704 bits per heavy atom. The Labute approximate surface area is 358 Å². The molecule has 54 heavy (non-hydrogen) atoms. The van der Waals surface area contributed by atoms with E-state index < -0.39 is 22.3 Å². The topological polar surface area (TPSA) is 0 Å². The first-order valence-corrected chi connectivity index (χ1v) is 22.0. The van der Waals surface area contributed by atoms with E-state index in [1.54, 1.807) is 0 Å². The molecule has 0 N–H and O–H groups in total. The average molecular weight is 874 g/mol. The molecule has 0 amide bonds.